The first kappa shape index (κ1) is 20.7. The zero-order valence-corrected chi connectivity index (χ0v) is 18.1. The number of methoxy groups -OCH3 is 1. The lowest BCUT2D eigenvalue weighted by molar-refractivity contribution is 0.0987. The Morgan fingerprint density at radius 1 is 1.10 bits per heavy atom. The summed E-state index contributed by atoms with van der Waals surface area (Å²) < 4.78 is 19.4. The Kier molecular flexibility index (Phi) is 5.77. The number of amides is 1. The number of carbonyl (C=O) groups excluding carboxylic acids is 1. The average Bonchev–Trinajstić information content (AvgIpc) is 3.17. The fourth-order valence-corrected chi connectivity index (χ4v) is 4.09. The van der Waals surface area contributed by atoms with E-state index in [-0.39, 0.29) is 11.7 Å². The molecule has 1 amide bonds. The number of aromatic nitrogens is 1. The molecule has 0 aliphatic rings. The van der Waals surface area contributed by atoms with Gasteiger partial charge in [0.1, 0.15) is 11.6 Å². The van der Waals surface area contributed by atoms with Crippen molar-refractivity contribution in [1.82, 2.24) is 4.98 Å². The van der Waals surface area contributed by atoms with Crippen molar-refractivity contribution in [3.05, 3.63) is 88.7 Å². The van der Waals surface area contributed by atoms with Crippen LogP contribution in [-0.4, -0.2) is 24.2 Å². The molecule has 0 atom stereocenters. The monoisotopic (exact) mass is 433 g/mol. The number of nitrogens with zero attached hydrogens (tertiary/aromatic N) is 3. The van der Waals surface area contributed by atoms with Gasteiger partial charge in [0.25, 0.3) is 5.91 Å². The number of hydrogen-bond acceptors (Lipinski definition) is 5. The van der Waals surface area contributed by atoms with E-state index >= 15 is 0 Å². The van der Waals surface area contributed by atoms with Gasteiger partial charge in [-0.25, -0.2) is 9.37 Å². The lowest BCUT2D eigenvalue weighted by atomic mass is 10.1. The maximum absolute atomic E-state index is 13.4. The molecule has 0 saturated heterocycles. The normalized spacial score (nSPS) is 11.2. The third kappa shape index (κ3) is 4.46. The Labute approximate surface area is 183 Å². The summed E-state index contributed by atoms with van der Waals surface area (Å²) in [7, 11) is 1.60. The molecule has 5 nitrogen and oxygen atoms in total. The number of anilines is 1. The van der Waals surface area contributed by atoms with E-state index < -0.39 is 0 Å². The van der Waals surface area contributed by atoms with Crippen LogP contribution in [0.1, 0.15) is 27.0 Å². The third-order valence-electron chi connectivity index (χ3n) is 4.76. The van der Waals surface area contributed by atoms with Crippen molar-refractivity contribution >= 4 is 38.8 Å². The SMILES string of the molecule is COc1ccc2nc(N(/N=C/c3ccc(F)cc3)C(=O)c3ccc(C)cc3C)sc2c1. The molecule has 0 unspecified atom stereocenters. The van der Waals surface area contributed by atoms with Crippen LogP contribution in [0.5, 0.6) is 5.75 Å². The molecular formula is C24H20FN3O2S. The molecule has 0 bridgehead atoms. The van der Waals surface area contributed by atoms with E-state index in [9.17, 15) is 9.18 Å². The zero-order valence-electron chi connectivity index (χ0n) is 17.3. The van der Waals surface area contributed by atoms with Crippen LogP contribution < -0.4 is 9.75 Å². The predicted molar refractivity (Wildman–Crippen MR) is 123 cm³/mol. The molecule has 1 heterocycles. The Hall–Kier alpha value is -3.58. The molecule has 3 aromatic carbocycles. The van der Waals surface area contributed by atoms with Crippen LogP contribution in [0.4, 0.5) is 9.52 Å². The Morgan fingerprint density at radius 2 is 1.87 bits per heavy atom. The van der Waals surface area contributed by atoms with Gasteiger partial charge in [0.05, 0.1) is 23.5 Å². The summed E-state index contributed by atoms with van der Waals surface area (Å²) >= 11 is 1.34. The van der Waals surface area contributed by atoms with Crippen molar-refractivity contribution in [2.24, 2.45) is 5.10 Å². The molecule has 0 radical (unpaired) electrons. The van der Waals surface area contributed by atoms with Gasteiger partial charge in [0, 0.05) is 5.56 Å². The van der Waals surface area contributed by atoms with Gasteiger partial charge in [-0.3, -0.25) is 4.79 Å². The minimum atomic E-state index is -0.333. The molecule has 4 rings (SSSR count). The van der Waals surface area contributed by atoms with E-state index in [4.69, 9.17) is 4.74 Å². The number of rotatable bonds is 5. The van der Waals surface area contributed by atoms with Crippen LogP contribution in [0.15, 0.2) is 65.8 Å². The van der Waals surface area contributed by atoms with Crippen LogP contribution in [0, 0.1) is 19.7 Å². The first-order valence-electron chi connectivity index (χ1n) is 9.60. The van der Waals surface area contributed by atoms with Crippen molar-refractivity contribution in [2.45, 2.75) is 13.8 Å². The maximum Gasteiger partial charge on any atom is 0.281 e. The minimum Gasteiger partial charge on any atom is -0.497 e. The van der Waals surface area contributed by atoms with E-state index in [1.54, 1.807) is 25.3 Å². The summed E-state index contributed by atoms with van der Waals surface area (Å²) in [5, 5.41) is 6.15. The lowest BCUT2D eigenvalue weighted by Crippen LogP contribution is -2.26. The number of halogens is 1. The molecule has 0 saturated carbocycles. The molecule has 0 fully saturated rings. The van der Waals surface area contributed by atoms with Crippen LogP contribution in [0.25, 0.3) is 10.2 Å². The molecule has 156 valence electrons. The summed E-state index contributed by atoms with van der Waals surface area (Å²) in [6, 6.07) is 17.1. The van der Waals surface area contributed by atoms with Crippen LogP contribution in [0.3, 0.4) is 0 Å². The average molecular weight is 434 g/mol. The zero-order chi connectivity index (χ0) is 22.0. The minimum absolute atomic E-state index is 0.290. The fraction of sp³-hybridized carbons (Fsp3) is 0.125. The van der Waals surface area contributed by atoms with Gasteiger partial charge < -0.3 is 4.74 Å². The molecule has 7 heteroatoms. The first-order chi connectivity index (χ1) is 14.9. The number of hydrogen-bond donors (Lipinski definition) is 0. The molecule has 0 aliphatic heterocycles. The largest absolute Gasteiger partial charge is 0.497 e. The molecule has 0 spiro atoms. The van der Waals surface area contributed by atoms with E-state index in [0.717, 1.165) is 21.3 Å². The lowest BCUT2D eigenvalue weighted by Gasteiger charge is -2.15. The highest BCUT2D eigenvalue weighted by Crippen LogP contribution is 2.32. The first-order valence-corrected chi connectivity index (χ1v) is 10.4. The van der Waals surface area contributed by atoms with Gasteiger partial charge >= 0.3 is 0 Å². The predicted octanol–water partition coefficient (Wildman–Crippen LogP) is 5.74. The number of carbonyl (C=O) groups is 1. The second kappa shape index (κ2) is 8.65. The van der Waals surface area contributed by atoms with E-state index in [2.05, 4.69) is 10.1 Å². The van der Waals surface area contributed by atoms with Crippen molar-refractivity contribution in [3.63, 3.8) is 0 Å². The summed E-state index contributed by atoms with van der Waals surface area (Å²) in [5.41, 5.74) is 3.88. The number of thiazole rings is 1. The van der Waals surface area contributed by atoms with Gasteiger partial charge in [-0.15, -0.1) is 0 Å². The van der Waals surface area contributed by atoms with Crippen LogP contribution in [-0.2, 0) is 0 Å². The molecule has 0 aliphatic carbocycles. The third-order valence-corrected chi connectivity index (χ3v) is 5.76. The summed E-state index contributed by atoms with van der Waals surface area (Å²) in [6.45, 7) is 3.87. The van der Waals surface area contributed by atoms with Gasteiger partial charge in [-0.1, -0.05) is 41.2 Å². The Morgan fingerprint density at radius 3 is 2.58 bits per heavy atom. The van der Waals surface area contributed by atoms with Crippen molar-refractivity contribution in [1.29, 1.82) is 0 Å². The maximum atomic E-state index is 13.4. The fourth-order valence-electron chi connectivity index (χ4n) is 3.14. The second-order valence-electron chi connectivity index (χ2n) is 7.06. The van der Waals surface area contributed by atoms with Gasteiger partial charge in [-0.2, -0.15) is 10.1 Å². The summed E-state index contributed by atoms with van der Waals surface area (Å²) in [6.07, 6.45) is 1.52. The van der Waals surface area contributed by atoms with Crippen molar-refractivity contribution < 1.29 is 13.9 Å². The molecule has 31 heavy (non-hydrogen) atoms. The summed E-state index contributed by atoms with van der Waals surface area (Å²) in [4.78, 5) is 18.0. The number of hydrazone groups is 1. The quantitative estimate of drug-likeness (QED) is 0.298. The van der Waals surface area contributed by atoms with E-state index in [1.165, 1.54) is 34.7 Å². The van der Waals surface area contributed by atoms with Gasteiger partial charge in [0.2, 0.25) is 5.13 Å². The Bertz CT molecular complexity index is 1280. The number of benzene rings is 3. The molecule has 1 aromatic heterocycles. The number of aryl methyl sites for hydroxylation is 2. The second-order valence-corrected chi connectivity index (χ2v) is 8.07. The van der Waals surface area contributed by atoms with Crippen molar-refractivity contribution in [3.8, 4) is 5.75 Å². The molecule has 4 aromatic rings. The van der Waals surface area contributed by atoms with E-state index in [0.29, 0.717) is 22.0 Å². The number of ether oxygens (including phenoxy) is 1. The highest BCUT2D eigenvalue weighted by Gasteiger charge is 2.22. The highest BCUT2D eigenvalue weighted by atomic mass is 32.1. The smallest absolute Gasteiger partial charge is 0.281 e. The van der Waals surface area contributed by atoms with Crippen LogP contribution >= 0.6 is 11.3 Å². The standard InChI is InChI=1S/C24H20FN3O2S/c1-15-4-10-20(16(2)12-15)23(29)28(26-14-17-5-7-18(25)8-6-17)24-27-21-11-9-19(30-3)13-22(21)31-24/h4-14H,1-3H3/b26-14+. The molecular weight excluding hydrogens is 413 g/mol. The van der Waals surface area contributed by atoms with Crippen molar-refractivity contribution in [2.75, 3.05) is 12.1 Å². The van der Waals surface area contributed by atoms with Gasteiger partial charge in [0.15, 0.2) is 0 Å². The number of fused-ring (bicyclic) bond motifs is 1. The Balaban J connectivity index is 1.78. The van der Waals surface area contributed by atoms with Gasteiger partial charge in [-0.05, 0) is 61.4 Å². The van der Waals surface area contributed by atoms with Crippen LogP contribution in [0.2, 0.25) is 0 Å². The molecule has 0 N–H and O–H groups in total. The summed E-state index contributed by atoms with van der Waals surface area (Å²) in [5.74, 6) is 0.0899. The highest BCUT2D eigenvalue weighted by molar-refractivity contribution is 7.22. The van der Waals surface area contributed by atoms with E-state index in [1.807, 2.05) is 44.2 Å². The topological polar surface area (TPSA) is 54.8 Å².